The van der Waals surface area contributed by atoms with Crippen molar-refractivity contribution in [1.82, 2.24) is 0 Å². The predicted octanol–water partition coefficient (Wildman–Crippen LogP) is 3.79. The Hall–Kier alpha value is -0.550. The Morgan fingerprint density at radius 2 is 1.71 bits per heavy atom. The summed E-state index contributed by atoms with van der Waals surface area (Å²) in [6, 6.07) is 2.54. The lowest BCUT2D eigenvalue weighted by atomic mass is 9.59. The van der Waals surface area contributed by atoms with Crippen LogP contribution in [0.2, 0.25) is 0 Å². The highest BCUT2D eigenvalue weighted by Crippen LogP contribution is 2.51. The Kier molecular flexibility index (Phi) is 3.78. The van der Waals surface area contributed by atoms with Crippen LogP contribution in [-0.4, -0.2) is 10.7 Å². The summed E-state index contributed by atoms with van der Waals surface area (Å²) in [7, 11) is 0. The van der Waals surface area contributed by atoms with Gasteiger partial charge in [-0.1, -0.05) is 45.4 Å². The first kappa shape index (κ1) is 12.9. The molecule has 2 aliphatic rings. The van der Waals surface area contributed by atoms with Crippen molar-refractivity contribution < 1.29 is 5.11 Å². The minimum Gasteiger partial charge on any atom is -0.388 e. The maximum absolute atomic E-state index is 11.0. The van der Waals surface area contributed by atoms with Crippen LogP contribution in [0.25, 0.3) is 0 Å². The summed E-state index contributed by atoms with van der Waals surface area (Å²) in [5.41, 5.74) is -1.15. The van der Waals surface area contributed by atoms with Gasteiger partial charge in [-0.25, -0.2) is 0 Å². The maximum atomic E-state index is 11.0. The van der Waals surface area contributed by atoms with E-state index in [0.29, 0.717) is 5.92 Å². The number of nitriles is 1. The molecular weight excluding hydrogens is 210 g/mol. The average Bonchev–Trinajstić information content (AvgIpc) is 2.55. The predicted molar refractivity (Wildman–Crippen MR) is 68.3 cm³/mol. The van der Waals surface area contributed by atoms with Crippen molar-refractivity contribution in [3.05, 3.63) is 0 Å². The largest absolute Gasteiger partial charge is 0.388 e. The molecule has 0 spiro atoms. The van der Waals surface area contributed by atoms with Crippen LogP contribution in [0, 0.1) is 22.7 Å². The highest BCUT2D eigenvalue weighted by molar-refractivity contribution is 5.13. The highest BCUT2D eigenvalue weighted by Gasteiger charge is 2.51. The van der Waals surface area contributed by atoms with Crippen LogP contribution in [0.3, 0.4) is 0 Å². The molecule has 2 fully saturated rings. The molecular formula is C15H25NO. The minimum atomic E-state index is -0.701. The summed E-state index contributed by atoms with van der Waals surface area (Å²) in [5, 5.41) is 20.7. The zero-order valence-electron chi connectivity index (χ0n) is 11.0. The molecule has 2 atom stereocenters. The fourth-order valence-electron chi connectivity index (χ4n) is 3.97. The third kappa shape index (κ3) is 2.36. The van der Waals surface area contributed by atoms with Gasteiger partial charge in [-0.2, -0.15) is 5.26 Å². The second-order valence-corrected chi connectivity index (χ2v) is 6.34. The van der Waals surface area contributed by atoms with Crippen molar-refractivity contribution in [2.24, 2.45) is 11.3 Å². The third-order valence-corrected chi connectivity index (χ3v) is 5.03. The quantitative estimate of drug-likeness (QED) is 0.703. The van der Waals surface area contributed by atoms with E-state index in [1.54, 1.807) is 0 Å². The fraction of sp³-hybridized carbons (Fsp3) is 0.933. The van der Waals surface area contributed by atoms with Gasteiger partial charge in [-0.3, -0.25) is 0 Å². The van der Waals surface area contributed by atoms with Gasteiger partial charge in [0.25, 0.3) is 0 Å². The molecule has 0 radical (unpaired) electrons. The standard InChI is InChI=1S/C15H25NO/c1-13-7-6-8-14(11-13,12-16)15(17)9-4-2-3-5-10-15/h13,17H,2-11H2,1H3. The Morgan fingerprint density at radius 1 is 1.06 bits per heavy atom. The molecule has 0 bridgehead atoms. The minimum absolute atomic E-state index is 0.449. The zero-order valence-corrected chi connectivity index (χ0v) is 11.0. The third-order valence-electron chi connectivity index (χ3n) is 5.03. The number of hydrogen-bond acceptors (Lipinski definition) is 2. The van der Waals surface area contributed by atoms with E-state index in [9.17, 15) is 10.4 Å². The molecule has 2 rings (SSSR count). The van der Waals surface area contributed by atoms with Crippen LogP contribution >= 0.6 is 0 Å². The lowest BCUT2D eigenvalue weighted by molar-refractivity contribution is -0.0906. The van der Waals surface area contributed by atoms with E-state index >= 15 is 0 Å². The van der Waals surface area contributed by atoms with Gasteiger partial charge in [-0.15, -0.1) is 0 Å². The van der Waals surface area contributed by atoms with E-state index in [-0.39, 0.29) is 0 Å². The lowest BCUT2D eigenvalue weighted by Gasteiger charge is -2.46. The average molecular weight is 235 g/mol. The fourth-order valence-corrected chi connectivity index (χ4v) is 3.97. The maximum Gasteiger partial charge on any atom is 0.0862 e. The molecule has 2 heteroatoms. The van der Waals surface area contributed by atoms with E-state index in [0.717, 1.165) is 44.9 Å². The molecule has 0 heterocycles. The van der Waals surface area contributed by atoms with Gasteiger partial charge in [0.2, 0.25) is 0 Å². The van der Waals surface area contributed by atoms with Crippen molar-refractivity contribution in [2.45, 2.75) is 76.7 Å². The molecule has 2 unspecified atom stereocenters. The number of aliphatic hydroxyl groups is 1. The van der Waals surface area contributed by atoms with Crippen molar-refractivity contribution in [3.63, 3.8) is 0 Å². The van der Waals surface area contributed by atoms with Crippen molar-refractivity contribution in [2.75, 3.05) is 0 Å². The van der Waals surface area contributed by atoms with Crippen molar-refractivity contribution in [1.29, 1.82) is 5.26 Å². The molecule has 96 valence electrons. The van der Waals surface area contributed by atoms with Gasteiger partial charge in [0.05, 0.1) is 17.1 Å². The van der Waals surface area contributed by atoms with Gasteiger partial charge in [0, 0.05) is 0 Å². The van der Waals surface area contributed by atoms with Crippen LogP contribution < -0.4 is 0 Å². The van der Waals surface area contributed by atoms with Gasteiger partial charge in [0.15, 0.2) is 0 Å². The Labute approximate surface area is 105 Å². The monoisotopic (exact) mass is 235 g/mol. The second-order valence-electron chi connectivity index (χ2n) is 6.34. The molecule has 0 amide bonds. The molecule has 0 aromatic heterocycles. The normalized spacial score (nSPS) is 38.1. The van der Waals surface area contributed by atoms with Crippen LogP contribution in [0.4, 0.5) is 0 Å². The molecule has 2 saturated carbocycles. The van der Waals surface area contributed by atoms with Crippen molar-refractivity contribution >= 4 is 0 Å². The van der Waals surface area contributed by atoms with E-state index in [1.165, 1.54) is 19.3 Å². The first-order valence-corrected chi connectivity index (χ1v) is 7.26. The summed E-state index contributed by atoms with van der Waals surface area (Å²) in [6.45, 7) is 2.23. The molecule has 2 nitrogen and oxygen atoms in total. The summed E-state index contributed by atoms with van der Waals surface area (Å²) < 4.78 is 0. The molecule has 0 aromatic carbocycles. The molecule has 1 N–H and O–H groups in total. The van der Waals surface area contributed by atoms with Crippen LogP contribution in [0.1, 0.15) is 71.1 Å². The zero-order chi connectivity index (χ0) is 12.4. The smallest absolute Gasteiger partial charge is 0.0862 e. The van der Waals surface area contributed by atoms with E-state index in [4.69, 9.17) is 0 Å². The molecule has 17 heavy (non-hydrogen) atoms. The molecule has 0 saturated heterocycles. The van der Waals surface area contributed by atoms with Gasteiger partial charge < -0.3 is 5.11 Å². The van der Waals surface area contributed by atoms with Gasteiger partial charge in [0.1, 0.15) is 0 Å². The second kappa shape index (κ2) is 4.98. The van der Waals surface area contributed by atoms with E-state index < -0.39 is 11.0 Å². The summed E-state index contributed by atoms with van der Waals surface area (Å²) in [5.74, 6) is 0.593. The van der Waals surface area contributed by atoms with Gasteiger partial charge in [-0.05, 0) is 31.6 Å². The molecule has 0 aliphatic heterocycles. The number of hydrogen-bond donors (Lipinski definition) is 1. The summed E-state index contributed by atoms with van der Waals surface area (Å²) in [6.07, 6.45) is 10.4. The topological polar surface area (TPSA) is 44.0 Å². The number of rotatable bonds is 1. The van der Waals surface area contributed by atoms with E-state index in [2.05, 4.69) is 13.0 Å². The Bertz CT molecular complexity index is 299. The Balaban J connectivity index is 2.23. The van der Waals surface area contributed by atoms with E-state index in [1.807, 2.05) is 0 Å². The van der Waals surface area contributed by atoms with Crippen molar-refractivity contribution in [3.8, 4) is 6.07 Å². The first-order chi connectivity index (χ1) is 8.12. The molecule has 0 aromatic rings. The van der Waals surface area contributed by atoms with Crippen LogP contribution in [-0.2, 0) is 0 Å². The first-order valence-electron chi connectivity index (χ1n) is 7.26. The van der Waals surface area contributed by atoms with Crippen LogP contribution in [0.5, 0.6) is 0 Å². The number of nitrogens with zero attached hydrogens (tertiary/aromatic N) is 1. The molecule has 2 aliphatic carbocycles. The Morgan fingerprint density at radius 3 is 2.24 bits per heavy atom. The summed E-state index contributed by atoms with van der Waals surface area (Å²) in [4.78, 5) is 0. The highest BCUT2D eigenvalue weighted by atomic mass is 16.3. The SMILES string of the molecule is CC1CCCC(C#N)(C2(O)CCCCCC2)C1. The summed E-state index contributed by atoms with van der Waals surface area (Å²) >= 11 is 0. The van der Waals surface area contributed by atoms with Gasteiger partial charge >= 0.3 is 0 Å². The lowest BCUT2D eigenvalue weighted by Crippen LogP contribution is -2.49. The van der Waals surface area contributed by atoms with Crippen LogP contribution in [0.15, 0.2) is 0 Å².